The summed E-state index contributed by atoms with van der Waals surface area (Å²) < 4.78 is 11.4. The Hall–Kier alpha value is -2.07. The molecule has 0 spiro atoms. The van der Waals surface area contributed by atoms with Crippen LogP contribution in [0.15, 0.2) is 33.2 Å². The van der Waals surface area contributed by atoms with E-state index in [0.717, 1.165) is 52.3 Å². The Kier molecular flexibility index (Phi) is 3.93. The second-order valence-electron chi connectivity index (χ2n) is 6.94. The first-order chi connectivity index (χ1) is 11.6. The SMILES string of the molecule is Cc1noc(C)c1-c1ccc2cc(CCN3CCCC3C)oc2c1. The molecule has 126 valence electrons. The van der Waals surface area contributed by atoms with Gasteiger partial charge in [0.25, 0.3) is 0 Å². The Labute approximate surface area is 142 Å². The molecular formula is C20H24N2O2. The van der Waals surface area contributed by atoms with Gasteiger partial charge in [0, 0.05) is 30.0 Å². The average Bonchev–Trinajstić information content (AvgIpc) is 3.24. The quantitative estimate of drug-likeness (QED) is 0.695. The molecule has 0 amide bonds. The molecule has 4 rings (SSSR count). The van der Waals surface area contributed by atoms with Crippen molar-refractivity contribution in [3.8, 4) is 11.1 Å². The molecule has 24 heavy (non-hydrogen) atoms. The van der Waals surface area contributed by atoms with Crippen LogP contribution in [-0.2, 0) is 6.42 Å². The smallest absolute Gasteiger partial charge is 0.141 e. The van der Waals surface area contributed by atoms with Gasteiger partial charge >= 0.3 is 0 Å². The molecule has 1 aromatic carbocycles. The zero-order valence-corrected chi connectivity index (χ0v) is 14.6. The van der Waals surface area contributed by atoms with Gasteiger partial charge in [0.05, 0.1) is 5.69 Å². The topological polar surface area (TPSA) is 42.4 Å². The number of likely N-dealkylation sites (tertiary alicyclic amines) is 1. The van der Waals surface area contributed by atoms with Crippen LogP contribution < -0.4 is 0 Å². The van der Waals surface area contributed by atoms with Crippen LogP contribution in [0.5, 0.6) is 0 Å². The van der Waals surface area contributed by atoms with Crippen molar-refractivity contribution in [2.24, 2.45) is 0 Å². The standard InChI is InChI=1S/C20H24N2O2/c1-13-5-4-9-22(13)10-8-18-11-16-6-7-17(12-19(16)23-18)20-14(2)21-24-15(20)3/h6-7,11-13H,4-5,8-10H2,1-3H3. The van der Waals surface area contributed by atoms with Crippen LogP contribution in [0.25, 0.3) is 22.1 Å². The van der Waals surface area contributed by atoms with Crippen molar-refractivity contribution in [1.82, 2.24) is 10.1 Å². The van der Waals surface area contributed by atoms with Gasteiger partial charge in [-0.25, -0.2) is 0 Å². The summed E-state index contributed by atoms with van der Waals surface area (Å²) >= 11 is 0. The molecule has 3 aromatic rings. The van der Waals surface area contributed by atoms with Gasteiger partial charge in [-0.3, -0.25) is 0 Å². The van der Waals surface area contributed by atoms with Crippen molar-refractivity contribution in [2.75, 3.05) is 13.1 Å². The minimum atomic E-state index is 0.709. The molecule has 1 aliphatic heterocycles. The monoisotopic (exact) mass is 324 g/mol. The van der Waals surface area contributed by atoms with E-state index in [1.54, 1.807) is 0 Å². The molecule has 4 nitrogen and oxygen atoms in total. The van der Waals surface area contributed by atoms with E-state index in [4.69, 9.17) is 8.94 Å². The molecule has 0 aliphatic carbocycles. The number of aromatic nitrogens is 1. The van der Waals surface area contributed by atoms with Gasteiger partial charge in [-0.05, 0) is 57.9 Å². The molecule has 1 fully saturated rings. The highest BCUT2D eigenvalue weighted by molar-refractivity contribution is 5.84. The van der Waals surface area contributed by atoms with E-state index in [0.29, 0.717) is 6.04 Å². The van der Waals surface area contributed by atoms with Crippen molar-refractivity contribution in [3.05, 3.63) is 41.5 Å². The number of fused-ring (bicyclic) bond motifs is 1. The van der Waals surface area contributed by atoms with E-state index in [-0.39, 0.29) is 0 Å². The highest BCUT2D eigenvalue weighted by Crippen LogP contribution is 2.31. The first-order valence-corrected chi connectivity index (χ1v) is 8.81. The van der Waals surface area contributed by atoms with Crippen LogP contribution in [0.2, 0.25) is 0 Å². The van der Waals surface area contributed by atoms with Gasteiger partial charge in [0.2, 0.25) is 0 Å². The Morgan fingerprint density at radius 2 is 2.12 bits per heavy atom. The summed E-state index contributed by atoms with van der Waals surface area (Å²) in [6, 6.07) is 9.23. The van der Waals surface area contributed by atoms with E-state index in [9.17, 15) is 0 Å². The zero-order valence-electron chi connectivity index (χ0n) is 14.6. The van der Waals surface area contributed by atoms with Gasteiger partial charge in [0.15, 0.2) is 0 Å². The second-order valence-corrected chi connectivity index (χ2v) is 6.94. The molecule has 0 radical (unpaired) electrons. The lowest BCUT2D eigenvalue weighted by Crippen LogP contribution is -2.28. The third-order valence-electron chi connectivity index (χ3n) is 5.23. The van der Waals surface area contributed by atoms with Crippen LogP contribution in [0.1, 0.15) is 37.0 Å². The Morgan fingerprint density at radius 1 is 1.25 bits per heavy atom. The number of nitrogens with zero attached hydrogens (tertiary/aromatic N) is 2. The summed E-state index contributed by atoms with van der Waals surface area (Å²) in [6.45, 7) is 8.54. The fraction of sp³-hybridized carbons (Fsp3) is 0.450. The lowest BCUT2D eigenvalue weighted by Gasteiger charge is -2.19. The summed E-state index contributed by atoms with van der Waals surface area (Å²) in [6.07, 6.45) is 3.61. The summed E-state index contributed by atoms with van der Waals surface area (Å²) in [5, 5.41) is 5.21. The van der Waals surface area contributed by atoms with Crippen molar-refractivity contribution >= 4 is 11.0 Å². The van der Waals surface area contributed by atoms with Gasteiger partial charge in [0.1, 0.15) is 17.1 Å². The maximum atomic E-state index is 6.10. The molecule has 1 atom stereocenters. The molecule has 1 saturated heterocycles. The third-order valence-corrected chi connectivity index (χ3v) is 5.23. The lowest BCUT2D eigenvalue weighted by molar-refractivity contribution is 0.266. The summed E-state index contributed by atoms with van der Waals surface area (Å²) in [7, 11) is 0. The van der Waals surface area contributed by atoms with Crippen molar-refractivity contribution < 1.29 is 8.94 Å². The van der Waals surface area contributed by atoms with Crippen molar-refractivity contribution in [1.29, 1.82) is 0 Å². The molecule has 0 saturated carbocycles. The number of benzene rings is 1. The van der Waals surface area contributed by atoms with Gasteiger partial charge in [-0.1, -0.05) is 17.3 Å². The van der Waals surface area contributed by atoms with Crippen molar-refractivity contribution in [3.63, 3.8) is 0 Å². The first kappa shape index (κ1) is 15.5. The largest absolute Gasteiger partial charge is 0.461 e. The summed E-state index contributed by atoms with van der Waals surface area (Å²) in [5.41, 5.74) is 4.03. The number of rotatable bonds is 4. The lowest BCUT2D eigenvalue weighted by atomic mass is 10.0. The molecule has 0 bridgehead atoms. The van der Waals surface area contributed by atoms with Crippen LogP contribution >= 0.6 is 0 Å². The van der Waals surface area contributed by atoms with E-state index >= 15 is 0 Å². The molecule has 4 heteroatoms. The minimum Gasteiger partial charge on any atom is -0.461 e. The molecular weight excluding hydrogens is 300 g/mol. The molecule has 3 heterocycles. The van der Waals surface area contributed by atoms with E-state index < -0.39 is 0 Å². The van der Waals surface area contributed by atoms with Crippen LogP contribution in [-0.4, -0.2) is 29.2 Å². The Morgan fingerprint density at radius 3 is 2.83 bits per heavy atom. The number of hydrogen-bond acceptors (Lipinski definition) is 4. The van der Waals surface area contributed by atoms with E-state index in [2.05, 4.69) is 41.2 Å². The first-order valence-electron chi connectivity index (χ1n) is 8.81. The molecule has 1 aliphatic rings. The highest BCUT2D eigenvalue weighted by atomic mass is 16.5. The maximum Gasteiger partial charge on any atom is 0.141 e. The maximum absolute atomic E-state index is 6.10. The van der Waals surface area contributed by atoms with Gasteiger partial charge in [-0.2, -0.15) is 0 Å². The predicted molar refractivity (Wildman–Crippen MR) is 95.2 cm³/mol. The minimum absolute atomic E-state index is 0.709. The third kappa shape index (κ3) is 2.75. The van der Waals surface area contributed by atoms with Gasteiger partial charge < -0.3 is 13.8 Å². The Bertz CT molecular complexity index is 842. The van der Waals surface area contributed by atoms with Crippen LogP contribution in [0.4, 0.5) is 0 Å². The Balaban J connectivity index is 1.57. The highest BCUT2D eigenvalue weighted by Gasteiger charge is 2.20. The molecule has 1 unspecified atom stereocenters. The van der Waals surface area contributed by atoms with E-state index in [1.807, 2.05) is 13.8 Å². The van der Waals surface area contributed by atoms with Crippen molar-refractivity contribution in [2.45, 2.75) is 46.1 Å². The fourth-order valence-electron chi connectivity index (χ4n) is 3.84. The predicted octanol–water partition coefficient (Wildman–Crippen LogP) is 4.73. The second kappa shape index (κ2) is 6.10. The normalized spacial score (nSPS) is 18.7. The average molecular weight is 324 g/mol. The summed E-state index contributed by atoms with van der Waals surface area (Å²) in [5.74, 6) is 1.92. The van der Waals surface area contributed by atoms with Crippen LogP contribution in [0, 0.1) is 13.8 Å². The number of furan rings is 1. The van der Waals surface area contributed by atoms with Gasteiger partial charge in [-0.15, -0.1) is 0 Å². The van der Waals surface area contributed by atoms with Crippen LogP contribution in [0.3, 0.4) is 0 Å². The number of hydrogen-bond donors (Lipinski definition) is 0. The fourth-order valence-corrected chi connectivity index (χ4v) is 3.84. The molecule has 2 aromatic heterocycles. The van der Waals surface area contributed by atoms with E-state index in [1.165, 1.54) is 19.4 Å². The number of aryl methyl sites for hydroxylation is 2. The zero-order chi connectivity index (χ0) is 16.7. The summed E-state index contributed by atoms with van der Waals surface area (Å²) in [4.78, 5) is 2.56. The molecule has 0 N–H and O–H groups in total.